The van der Waals surface area contributed by atoms with E-state index < -0.39 is 87.9 Å². The van der Waals surface area contributed by atoms with Gasteiger partial charge in [0, 0.05) is 96.9 Å². The number of nitrogens with one attached hydrogen (secondary N) is 1. The third kappa shape index (κ3) is 7.30. The lowest BCUT2D eigenvalue weighted by atomic mass is 9.47. The van der Waals surface area contributed by atoms with E-state index in [2.05, 4.69) is 14.8 Å². The molecule has 3 aromatic rings. The van der Waals surface area contributed by atoms with Gasteiger partial charge in [0.2, 0.25) is 11.5 Å². The average Bonchev–Trinajstić information content (AvgIpc) is 3.97. The lowest BCUT2D eigenvalue weighted by Gasteiger charge is -2.63. The number of aromatic amines is 1. The first-order chi connectivity index (χ1) is 32.5. The van der Waals surface area contributed by atoms with Crippen LogP contribution in [0.5, 0.6) is 5.75 Å². The average molecular weight is 967 g/mol. The third-order valence-corrected chi connectivity index (χ3v) is 16.1. The summed E-state index contributed by atoms with van der Waals surface area (Å²) in [6.45, 7) is 6.55. The second kappa shape index (κ2) is 17.6. The van der Waals surface area contributed by atoms with Crippen molar-refractivity contribution in [3.63, 3.8) is 0 Å². The minimum atomic E-state index is -2.94. The molecule has 6 aliphatic rings. The minimum absolute atomic E-state index is 0.155. The van der Waals surface area contributed by atoms with E-state index in [0.29, 0.717) is 61.7 Å². The van der Waals surface area contributed by atoms with Crippen molar-refractivity contribution in [3.8, 4) is 5.75 Å². The van der Waals surface area contributed by atoms with E-state index in [1.54, 1.807) is 0 Å². The maximum Gasteiger partial charge on any atom is 0.344 e. The summed E-state index contributed by atoms with van der Waals surface area (Å²) in [5.41, 5.74) is -1.64. The molecule has 3 unspecified atom stereocenters. The van der Waals surface area contributed by atoms with Crippen LogP contribution in [0.1, 0.15) is 68.8 Å². The molecule has 374 valence electrons. The lowest BCUT2D eigenvalue weighted by molar-refractivity contribution is -0.228. The quantitative estimate of drug-likeness (QED) is 0.0971. The van der Waals surface area contributed by atoms with E-state index in [4.69, 9.17) is 39.4 Å². The number of methoxy groups -OCH3 is 3. The van der Waals surface area contributed by atoms with Crippen molar-refractivity contribution < 1.29 is 77.2 Å². The molecule has 1 aliphatic carbocycles. The molecule has 6 heterocycles. The number of fused-ring (bicyclic) bond motifs is 6. The Kier molecular flexibility index (Phi) is 12.7. The highest BCUT2D eigenvalue weighted by Crippen LogP contribution is 2.68. The predicted octanol–water partition coefficient (Wildman–Crippen LogP) is 2.96. The number of carbonyl (C=O) groups excluding carboxylic acids is 3. The number of rotatable bonds is 10. The predicted molar refractivity (Wildman–Crippen MR) is 242 cm³/mol. The van der Waals surface area contributed by atoms with Gasteiger partial charge in [-0.05, 0) is 68.3 Å². The summed E-state index contributed by atoms with van der Waals surface area (Å²) in [6.07, 6.45) is -0.496. The summed E-state index contributed by atoms with van der Waals surface area (Å²) in [7, 11) is 5.94. The van der Waals surface area contributed by atoms with Crippen molar-refractivity contribution in [3.05, 3.63) is 70.9 Å². The first-order valence-corrected chi connectivity index (χ1v) is 23.0. The summed E-state index contributed by atoms with van der Waals surface area (Å²) in [4.78, 5) is 72.0. The second-order valence-corrected chi connectivity index (χ2v) is 19.6. The Morgan fingerprint density at radius 1 is 0.957 bits per heavy atom. The van der Waals surface area contributed by atoms with Crippen LogP contribution in [0.3, 0.4) is 0 Å². The first kappa shape index (κ1) is 49.7. The molecule has 0 radical (unpaired) electrons. The second-order valence-electron chi connectivity index (χ2n) is 19.6. The summed E-state index contributed by atoms with van der Waals surface area (Å²) < 4.78 is 54.3. The van der Waals surface area contributed by atoms with E-state index in [-0.39, 0.29) is 31.3 Å². The standard InChI is InChI=1S/C45H54F2N4O8.C4H6O6/c1-8-42-14-11-16-51-17-15-43(36(42)51)30-19-31(34(56-5)20-33(30)49(4)37(43)45(55,40(54)58-7)38(42)59-25(2)52)44(39(53)57-6)21-26-18-27(41(3,46)47)23-50(22-26)24-29-28-12-9-10-13-32(28)48-35(29)44;5-1(3(7)8)2(6)4(9)10/h9-14,19-20,26-27,36-38,48,55H,8,15-18,21-24H2,1-7H3;1-2,5-6H,(H,7,8)(H,9,10)/t26-,27-,36-,37+,38+,42+,43+,44-,45-;/m0./s1. The number of ether oxygens (including phenoxy) is 4. The molecule has 6 N–H and O–H groups in total. The Hall–Kier alpha value is -5.67. The van der Waals surface area contributed by atoms with Crippen LogP contribution in [-0.4, -0.2) is 167 Å². The van der Waals surface area contributed by atoms with E-state index in [1.165, 1.54) is 28.3 Å². The number of carboxylic acids is 2. The number of H-pyrrole nitrogens is 1. The molecule has 20 heteroatoms. The number of para-hydroxylation sites is 1. The molecular formula is C49H60F2N4O14. The van der Waals surface area contributed by atoms with Crippen LogP contribution in [0, 0.1) is 17.3 Å². The number of piperidine rings is 1. The number of aliphatic hydroxyl groups excluding tert-OH is 2. The van der Waals surface area contributed by atoms with Crippen LogP contribution in [0.4, 0.5) is 14.5 Å². The van der Waals surface area contributed by atoms with Gasteiger partial charge in [-0.1, -0.05) is 37.3 Å². The van der Waals surface area contributed by atoms with Crippen LogP contribution in [0.2, 0.25) is 0 Å². The van der Waals surface area contributed by atoms with Crippen LogP contribution in [0.25, 0.3) is 10.9 Å². The lowest BCUT2D eigenvalue weighted by Crippen LogP contribution is -2.81. The number of nitrogens with zero attached hydrogens (tertiary/aromatic N) is 3. The van der Waals surface area contributed by atoms with Crippen molar-refractivity contribution in [2.45, 2.75) is 106 Å². The fourth-order valence-electron chi connectivity index (χ4n) is 13.5. The van der Waals surface area contributed by atoms with Gasteiger partial charge >= 0.3 is 29.8 Å². The topological polar surface area (TPSA) is 249 Å². The van der Waals surface area contributed by atoms with Crippen molar-refractivity contribution in [2.24, 2.45) is 17.3 Å². The summed E-state index contributed by atoms with van der Waals surface area (Å²) in [6, 6.07) is 10.3. The number of alkyl halides is 2. The maximum absolute atomic E-state index is 15.3. The number of hydrogen-bond acceptors (Lipinski definition) is 15. The molecule has 5 aliphatic heterocycles. The van der Waals surface area contributed by atoms with Gasteiger partial charge in [0.15, 0.2) is 18.3 Å². The molecule has 2 bridgehead atoms. The SMILES string of the molecule is CC[C@]12C=CCN3CC[C@@]4(c5cc([C@@]6(C(=O)OC)C[C@@H]7C[C@H](C(C)(F)F)CN(Cc8c6[nH]c6ccccc86)C7)c(OC)cc5N(C)[C@H]4[C@@](O)(C(=O)OC)[C@@H]1OC(C)=O)[C@@H]32.O=C(O)C(O)C(O)C(=O)O. The van der Waals surface area contributed by atoms with Gasteiger partial charge < -0.3 is 54.4 Å². The minimum Gasteiger partial charge on any atom is -0.496 e. The number of esters is 3. The van der Waals surface area contributed by atoms with Gasteiger partial charge in [0.1, 0.15) is 11.2 Å². The Bertz CT molecular complexity index is 2580. The molecule has 69 heavy (non-hydrogen) atoms. The first-order valence-electron chi connectivity index (χ1n) is 23.0. The van der Waals surface area contributed by atoms with Crippen molar-refractivity contribution in [1.82, 2.24) is 14.8 Å². The fourth-order valence-corrected chi connectivity index (χ4v) is 13.5. The molecular weight excluding hydrogens is 907 g/mol. The van der Waals surface area contributed by atoms with E-state index >= 15 is 13.6 Å². The normalized spacial score (nSPS) is 32.9. The number of halogens is 2. The molecule has 2 saturated heterocycles. The van der Waals surface area contributed by atoms with Crippen molar-refractivity contribution >= 4 is 46.4 Å². The molecule has 18 nitrogen and oxygen atoms in total. The van der Waals surface area contributed by atoms with Crippen LogP contribution in [-0.2, 0) is 55.6 Å². The number of benzene rings is 2. The third-order valence-electron chi connectivity index (χ3n) is 16.1. The van der Waals surface area contributed by atoms with Gasteiger partial charge in [0.05, 0.1) is 27.4 Å². The zero-order valence-electron chi connectivity index (χ0n) is 39.5. The number of aromatic nitrogens is 1. The Labute approximate surface area is 396 Å². The van der Waals surface area contributed by atoms with Gasteiger partial charge in [-0.3, -0.25) is 19.4 Å². The zero-order valence-corrected chi connectivity index (χ0v) is 39.5. The molecule has 1 aromatic heterocycles. The summed E-state index contributed by atoms with van der Waals surface area (Å²) in [5.74, 6) is -9.46. The van der Waals surface area contributed by atoms with Gasteiger partial charge in [-0.25, -0.2) is 23.2 Å². The molecule has 9 rings (SSSR count). The molecule has 3 fully saturated rings. The smallest absolute Gasteiger partial charge is 0.344 e. The van der Waals surface area contributed by atoms with Gasteiger partial charge in [-0.15, -0.1) is 0 Å². The zero-order chi connectivity index (χ0) is 50.3. The number of hydrogen-bond donors (Lipinski definition) is 6. The highest BCUT2D eigenvalue weighted by molar-refractivity contribution is 5.95. The van der Waals surface area contributed by atoms with E-state index in [0.717, 1.165) is 29.0 Å². The molecule has 2 aromatic carbocycles. The number of likely N-dealkylation sites (N-methyl/N-ethyl adjacent to an activating group) is 1. The van der Waals surface area contributed by atoms with Crippen LogP contribution < -0.4 is 9.64 Å². The molecule has 1 spiro atoms. The van der Waals surface area contributed by atoms with Crippen molar-refractivity contribution in [2.75, 3.05) is 59.5 Å². The van der Waals surface area contributed by atoms with Crippen LogP contribution in [0.15, 0.2) is 48.6 Å². The summed E-state index contributed by atoms with van der Waals surface area (Å²) in [5, 5.41) is 46.7. The molecule has 12 atom stereocenters. The fraction of sp³-hybridized carbons (Fsp3) is 0.571. The van der Waals surface area contributed by atoms with E-state index in [9.17, 15) is 24.3 Å². The van der Waals surface area contributed by atoms with Gasteiger partial charge in [0.25, 0.3) is 0 Å². The highest BCUT2D eigenvalue weighted by atomic mass is 19.3. The number of carboxylic acid groups (broad SMARTS) is 2. The number of aliphatic hydroxyl groups is 3. The Morgan fingerprint density at radius 3 is 2.22 bits per heavy atom. The maximum atomic E-state index is 15.3. The monoisotopic (exact) mass is 966 g/mol. The largest absolute Gasteiger partial charge is 0.496 e. The van der Waals surface area contributed by atoms with Crippen molar-refractivity contribution in [1.29, 1.82) is 0 Å². The summed E-state index contributed by atoms with van der Waals surface area (Å²) >= 11 is 0. The van der Waals surface area contributed by atoms with E-state index in [1.807, 2.05) is 67.4 Å². The molecule has 1 saturated carbocycles. The number of anilines is 1. The Morgan fingerprint density at radius 2 is 1.62 bits per heavy atom. The highest BCUT2D eigenvalue weighted by Gasteiger charge is 2.80. The Balaban J connectivity index is 0.000000579. The van der Waals surface area contributed by atoms with Gasteiger partial charge in [-0.2, -0.15) is 0 Å². The molecule has 0 amide bonds. The van der Waals surface area contributed by atoms with Crippen LogP contribution >= 0.6 is 0 Å². The number of aliphatic carboxylic acids is 2. The number of carbonyl (C=O) groups is 5.